The summed E-state index contributed by atoms with van der Waals surface area (Å²) in [6, 6.07) is 3.70. The average molecular weight is 276 g/mol. The highest BCUT2D eigenvalue weighted by Gasteiger charge is 2.11. The summed E-state index contributed by atoms with van der Waals surface area (Å²) in [4.78, 5) is 0. The minimum absolute atomic E-state index is 0.136. The second-order valence-electron chi connectivity index (χ2n) is 5.06. The highest BCUT2D eigenvalue weighted by Crippen LogP contribution is 2.23. The van der Waals surface area contributed by atoms with E-state index in [1.807, 2.05) is 30.7 Å². The number of benzene rings is 1. The van der Waals surface area contributed by atoms with E-state index < -0.39 is 0 Å². The van der Waals surface area contributed by atoms with Gasteiger partial charge in [-0.1, -0.05) is 12.1 Å². The van der Waals surface area contributed by atoms with E-state index in [1.54, 1.807) is 13.8 Å². The molecule has 4 nitrogen and oxygen atoms in total. The summed E-state index contributed by atoms with van der Waals surface area (Å²) in [5.74, 6) is 0.687. The van der Waals surface area contributed by atoms with Crippen molar-refractivity contribution in [2.24, 2.45) is 0 Å². The third-order valence-electron chi connectivity index (χ3n) is 3.43. The number of aryl methyl sites for hydroxylation is 4. The molecule has 1 heterocycles. The Morgan fingerprint density at radius 3 is 2.40 bits per heavy atom. The zero-order valence-electron chi connectivity index (χ0n) is 12.4. The summed E-state index contributed by atoms with van der Waals surface area (Å²) >= 11 is 0. The number of nitrogen functional groups attached to an aromatic ring is 1. The van der Waals surface area contributed by atoms with Crippen LogP contribution in [0.1, 0.15) is 29.3 Å². The fourth-order valence-corrected chi connectivity index (χ4v) is 2.33. The van der Waals surface area contributed by atoms with Crippen LogP contribution in [0, 0.1) is 26.6 Å². The van der Waals surface area contributed by atoms with Crippen LogP contribution >= 0.6 is 0 Å². The predicted molar refractivity (Wildman–Crippen MR) is 80.3 cm³/mol. The minimum Gasteiger partial charge on any atom is -0.394 e. The van der Waals surface area contributed by atoms with Crippen LogP contribution in [0.15, 0.2) is 12.1 Å². The topological polar surface area (TPSA) is 55.9 Å². The van der Waals surface area contributed by atoms with Gasteiger partial charge in [-0.25, -0.2) is 9.07 Å². The number of halogens is 1. The molecule has 108 valence electrons. The molecule has 0 unspecified atom stereocenters. The number of hydrogen-bond donors (Lipinski definition) is 2. The van der Waals surface area contributed by atoms with Crippen LogP contribution in [-0.2, 0) is 13.1 Å². The van der Waals surface area contributed by atoms with Gasteiger partial charge in [0.05, 0.1) is 11.4 Å². The van der Waals surface area contributed by atoms with Crippen LogP contribution < -0.4 is 11.1 Å². The van der Waals surface area contributed by atoms with Crippen molar-refractivity contribution < 1.29 is 4.39 Å². The molecule has 0 bridgehead atoms. The Hall–Kier alpha value is -2.04. The van der Waals surface area contributed by atoms with E-state index in [9.17, 15) is 4.39 Å². The molecule has 0 fully saturated rings. The van der Waals surface area contributed by atoms with Gasteiger partial charge in [0.25, 0.3) is 0 Å². The van der Waals surface area contributed by atoms with Gasteiger partial charge in [0.2, 0.25) is 0 Å². The smallest absolute Gasteiger partial charge is 0.148 e. The SMILES string of the molecule is CCn1nc(C)c(N)c1NCc1cc(C)c(F)c(C)c1. The molecule has 5 heteroatoms. The zero-order chi connectivity index (χ0) is 14.9. The van der Waals surface area contributed by atoms with Crippen LogP contribution in [0.3, 0.4) is 0 Å². The highest BCUT2D eigenvalue weighted by atomic mass is 19.1. The Balaban J connectivity index is 2.21. The maximum absolute atomic E-state index is 13.6. The van der Waals surface area contributed by atoms with Crippen molar-refractivity contribution in [1.82, 2.24) is 9.78 Å². The molecule has 1 aromatic carbocycles. The monoisotopic (exact) mass is 276 g/mol. The van der Waals surface area contributed by atoms with Gasteiger partial charge < -0.3 is 11.1 Å². The van der Waals surface area contributed by atoms with Gasteiger partial charge in [0.15, 0.2) is 0 Å². The van der Waals surface area contributed by atoms with E-state index in [0.29, 0.717) is 23.4 Å². The third kappa shape index (κ3) is 2.61. The normalized spacial score (nSPS) is 10.8. The third-order valence-corrected chi connectivity index (χ3v) is 3.43. The lowest BCUT2D eigenvalue weighted by atomic mass is 10.1. The standard InChI is InChI=1S/C15H21FN4/c1-5-20-15(14(17)11(4)19-20)18-8-12-6-9(2)13(16)10(3)7-12/h6-7,18H,5,8,17H2,1-4H3. The molecule has 0 aliphatic rings. The van der Waals surface area contributed by atoms with E-state index in [0.717, 1.165) is 23.6 Å². The lowest BCUT2D eigenvalue weighted by Gasteiger charge is -2.11. The molecule has 0 saturated carbocycles. The predicted octanol–water partition coefficient (Wildman–Crippen LogP) is 3.16. The Bertz CT molecular complexity index is 608. The van der Waals surface area contributed by atoms with E-state index >= 15 is 0 Å². The van der Waals surface area contributed by atoms with Crippen molar-refractivity contribution in [2.75, 3.05) is 11.1 Å². The molecule has 0 aliphatic carbocycles. The van der Waals surface area contributed by atoms with Gasteiger partial charge in [0, 0.05) is 13.1 Å². The van der Waals surface area contributed by atoms with Gasteiger partial charge in [0.1, 0.15) is 11.6 Å². The lowest BCUT2D eigenvalue weighted by molar-refractivity contribution is 0.608. The van der Waals surface area contributed by atoms with Crippen LogP contribution in [0.5, 0.6) is 0 Å². The largest absolute Gasteiger partial charge is 0.394 e. The van der Waals surface area contributed by atoms with E-state index in [1.165, 1.54) is 0 Å². The summed E-state index contributed by atoms with van der Waals surface area (Å²) in [5.41, 5.74) is 9.86. The molecule has 0 radical (unpaired) electrons. The van der Waals surface area contributed by atoms with Gasteiger partial charge >= 0.3 is 0 Å². The first-order valence-corrected chi connectivity index (χ1v) is 6.76. The Kier molecular flexibility index (Phi) is 3.97. The molecule has 0 amide bonds. The first kappa shape index (κ1) is 14.4. The maximum Gasteiger partial charge on any atom is 0.148 e. The Labute approximate surface area is 118 Å². The lowest BCUT2D eigenvalue weighted by Crippen LogP contribution is -2.09. The fraction of sp³-hybridized carbons (Fsp3) is 0.400. The second-order valence-corrected chi connectivity index (χ2v) is 5.06. The number of anilines is 2. The summed E-state index contributed by atoms with van der Waals surface area (Å²) < 4.78 is 15.4. The molecular formula is C15H21FN4. The molecule has 0 atom stereocenters. The highest BCUT2D eigenvalue weighted by molar-refractivity contribution is 5.64. The van der Waals surface area contributed by atoms with Crippen molar-refractivity contribution in [3.05, 3.63) is 40.3 Å². The quantitative estimate of drug-likeness (QED) is 0.902. The van der Waals surface area contributed by atoms with Gasteiger partial charge in [-0.3, -0.25) is 0 Å². The molecule has 0 saturated heterocycles. The van der Waals surface area contributed by atoms with E-state index in [4.69, 9.17) is 5.73 Å². The second kappa shape index (κ2) is 5.53. The summed E-state index contributed by atoms with van der Waals surface area (Å²) in [5, 5.41) is 7.66. The number of nitrogens with two attached hydrogens (primary N) is 1. The number of hydrogen-bond acceptors (Lipinski definition) is 3. The van der Waals surface area contributed by atoms with Crippen molar-refractivity contribution in [2.45, 2.75) is 40.8 Å². The first-order valence-electron chi connectivity index (χ1n) is 6.76. The van der Waals surface area contributed by atoms with Gasteiger partial charge in [-0.15, -0.1) is 0 Å². The first-order chi connectivity index (χ1) is 9.43. The Morgan fingerprint density at radius 1 is 1.25 bits per heavy atom. The van der Waals surface area contributed by atoms with Crippen molar-refractivity contribution in [3.8, 4) is 0 Å². The van der Waals surface area contributed by atoms with Crippen LogP contribution in [0.4, 0.5) is 15.9 Å². The van der Waals surface area contributed by atoms with E-state index in [2.05, 4.69) is 10.4 Å². The number of aromatic nitrogens is 2. The van der Waals surface area contributed by atoms with Crippen LogP contribution in [0.25, 0.3) is 0 Å². The van der Waals surface area contributed by atoms with Crippen molar-refractivity contribution in [1.29, 1.82) is 0 Å². The molecule has 3 N–H and O–H groups in total. The number of nitrogens with zero attached hydrogens (tertiary/aromatic N) is 2. The zero-order valence-corrected chi connectivity index (χ0v) is 12.4. The number of rotatable bonds is 4. The fourth-order valence-electron chi connectivity index (χ4n) is 2.33. The van der Waals surface area contributed by atoms with Crippen molar-refractivity contribution in [3.63, 3.8) is 0 Å². The van der Waals surface area contributed by atoms with Crippen LogP contribution in [0.2, 0.25) is 0 Å². The molecule has 0 spiro atoms. The van der Waals surface area contributed by atoms with Gasteiger partial charge in [-0.05, 0) is 44.4 Å². The molecule has 2 aromatic rings. The minimum atomic E-state index is -0.136. The average Bonchev–Trinajstić information content (AvgIpc) is 2.69. The Morgan fingerprint density at radius 2 is 1.85 bits per heavy atom. The maximum atomic E-state index is 13.6. The number of nitrogens with one attached hydrogen (secondary N) is 1. The molecule has 1 aromatic heterocycles. The molecular weight excluding hydrogens is 255 g/mol. The van der Waals surface area contributed by atoms with Crippen molar-refractivity contribution >= 4 is 11.5 Å². The molecule has 0 aliphatic heterocycles. The van der Waals surface area contributed by atoms with E-state index in [-0.39, 0.29) is 5.82 Å². The van der Waals surface area contributed by atoms with Crippen LogP contribution in [-0.4, -0.2) is 9.78 Å². The molecule has 2 rings (SSSR count). The summed E-state index contributed by atoms with van der Waals surface area (Å²) in [6.45, 7) is 8.81. The summed E-state index contributed by atoms with van der Waals surface area (Å²) in [6.07, 6.45) is 0. The summed E-state index contributed by atoms with van der Waals surface area (Å²) in [7, 11) is 0. The van der Waals surface area contributed by atoms with Gasteiger partial charge in [-0.2, -0.15) is 5.10 Å². The molecule has 20 heavy (non-hydrogen) atoms.